The Hall–Kier alpha value is -1.56. The lowest BCUT2D eigenvalue weighted by Crippen LogP contribution is -2.36. The Balaban J connectivity index is 1.95. The molecule has 0 spiro atoms. The minimum atomic E-state index is -1.00. The molecule has 1 aliphatic rings. The minimum Gasteiger partial charge on any atom is -0.478 e. The van der Waals surface area contributed by atoms with E-state index in [1.165, 1.54) is 12.1 Å². The van der Waals surface area contributed by atoms with Gasteiger partial charge in [-0.25, -0.2) is 9.59 Å². The fourth-order valence-corrected chi connectivity index (χ4v) is 3.13. The molecule has 0 aromatic heterocycles. The summed E-state index contributed by atoms with van der Waals surface area (Å²) in [6.45, 7) is 4.40. The summed E-state index contributed by atoms with van der Waals surface area (Å²) in [6, 6.07) is 4.43. The lowest BCUT2D eigenvalue weighted by Gasteiger charge is -2.18. The number of carboxylic acids is 1. The van der Waals surface area contributed by atoms with E-state index in [0.717, 1.165) is 19.3 Å². The molecule has 1 aromatic carbocycles. The summed E-state index contributed by atoms with van der Waals surface area (Å²) < 4.78 is 0.546. The summed E-state index contributed by atoms with van der Waals surface area (Å²) in [4.78, 5) is 22.8. The van der Waals surface area contributed by atoms with Crippen LogP contribution in [0.1, 0.15) is 43.5 Å². The normalized spacial score (nSPS) is 20.0. The predicted molar refractivity (Wildman–Crippen MR) is 84.7 cm³/mol. The van der Waals surface area contributed by atoms with Crippen molar-refractivity contribution in [2.75, 3.05) is 5.32 Å². The third-order valence-electron chi connectivity index (χ3n) is 3.77. The second-order valence-corrected chi connectivity index (χ2v) is 7.06. The number of halogens is 1. The number of carboxylic acid groups (broad SMARTS) is 1. The number of rotatable bonds is 3. The van der Waals surface area contributed by atoms with Gasteiger partial charge < -0.3 is 15.7 Å². The molecule has 0 saturated heterocycles. The number of carbonyl (C=O) groups is 2. The summed E-state index contributed by atoms with van der Waals surface area (Å²) in [5.41, 5.74) is 1.00. The second kappa shape index (κ2) is 6.05. The number of amides is 2. The molecule has 6 heteroatoms. The summed E-state index contributed by atoms with van der Waals surface area (Å²) in [7, 11) is 0. The number of carbonyl (C=O) groups excluding carboxylic acids is 1. The number of hydrogen-bond acceptors (Lipinski definition) is 2. The van der Waals surface area contributed by atoms with Gasteiger partial charge >= 0.3 is 12.0 Å². The van der Waals surface area contributed by atoms with Crippen LogP contribution in [0.25, 0.3) is 0 Å². The van der Waals surface area contributed by atoms with Crippen molar-refractivity contribution in [1.29, 1.82) is 0 Å². The fourth-order valence-electron chi connectivity index (χ4n) is 2.65. The number of nitrogens with one attached hydrogen (secondary N) is 2. The summed E-state index contributed by atoms with van der Waals surface area (Å²) in [6.07, 6.45) is 3.06. The van der Waals surface area contributed by atoms with Gasteiger partial charge in [0.1, 0.15) is 0 Å². The number of urea groups is 1. The van der Waals surface area contributed by atoms with E-state index in [1.54, 1.807) is 6.07 Å². The molecule has 0 radical (unpaired) electrons. The maximum Gasteiger partial charge on any atom is 0.335 e. The second-order valence-electron chi connectivity index (χ2n) is 6.20. The molecule has 1 unspecified atom stereocenters. The molecule has 1 aromatic rings. The molecule has 0 bridgehead atoms. The van der Waals surface area contributed by atoms with Gasteiger partial charge in [-0.15, -0.1) is 0 Å². The Morgan fingerprint density at radius 3 is 2.62 bits per heavy atom. The average molecular weight is 355 g/mol. The molecule has 1 aliphatic carbocycles. The monoisotopic (exact) mass is 354 g/mol. The standard InChI is InChI=1S/C15H19BrN2O3/c1-15(2)6-5-10(8-15)17-14(21)18-12-4-3-9(13(19)20)7-11(12)16/h3-4,7,10H,5-6,8H2,1-2H3,(H,19,20)(H2,17,18,21). The topological polar surface area (TPSA) is 78.4 Å². The van der Waals surface area contributed by atoms with Crippen LogP contribution in [-0.4, -0.2) is 23.1 Å². The van der Waals surface area contributed by atoms with Crippen LogP contribution in [0.3, 0.4) is 0 Å². The van der Waals surface area contributed by atoms with E-state index >= 15 is 0 Å². The van der Waals surface area contributed by atoms with Gasteiger partial charge in [-0.2, -0.15) is 0 Å². The Labute approximate surface area is 132 Å². The van der Waals surface area contributed by atoms with Crippen LogP contribution in [0.2, 0.25) is 0 Å². The van der Waals surface area contributed by atoms with Gasteiger partial charge in [0.2, 0.25) is 0 Å². The first-order valence-electron chi connectivity index (χ1n) is 6.87. The van der Waals surface area contributed by atoms with Gasteiger partial charge in [0.05, 0.1) is 11.3 Å². The van der Waals surface area contributed by atoms with E-state index in [0.29, 0.717) is 10.2 Å². The molecule has 114 valence electrons. The van der Waals surface area contributed by atoms with Crippen LogP contribution < -0.4 is 10.6 Å². The predicted octanol–water partition coefficient (Wildman–Crippen LogP) is 3.85. The quantitative estimate of drug-likeness (QED) is 0.771. The van der Waals surface area contributed by atoms with Crippen LogP contribution in [0.4, 0.5) is 10.5 Å². The minimum absolute atomic E-state index is 0.172. The summed E-state index contributed by atoms with van der Waals surface area (Å²) >= 11 is 3.27. The Morgan fingerprint density at radius 2 is 2.10 bits per heavy atom. The van der Waals surface area contributed by atoms with E-state index in [4.69, 9.17) is 5.11 Å². The molecule has 1 saturated carbocycles. The third kappa shape index (κ3) is 4.20. The smallest absolute Gasteiger partial charge is 0.335 e. The molecule has 21 heavy (non-hydrogen) atoms. The molecule has 5 nitrogen and oxygen atoms in total. The highest BCUT2D eigenvalue weighted by Crippen LogP contribution is 2.36. The maximum atomic E-state index is 12.0. The number of hydrogen-bond donors (Lipinski definition) is 3. The van der Waals surface area contributed by atoms with Crippen LogP contribution >= 0.6 is 15.9 Å². The van der Waals surface area contributed by atoms with Gasteiger partial charge in [-0.3, -0.25) is 0 Å². The molecular formula is C15H19BrN2O3. The number of anilines is 1. The first-order valence-corrected chi connectivity index (χ1v) is 7.66. The molecule has 1 atom stereocenters. The SMILES string of the molecule is CC1(C)CCC(NC(=O)Nc2ccc(C(=O)O)cc2Br)C1. The van der Waals surface area contributed by atoms with Gasteiger partial charge in [0.25, 0.3) is 0 Å². The zero-order valence-corrected chi connectivity index (χ0v) is 13.7. The number of benzene rings is 1. The van der Waals surface area contributed by atoms with Crippen LogP contribution in [0.5, 0.6) is 0 Å². The largest absolute Gasteiger partial charge is 0.478 e. The summed E-state index contributed by atoms with van der Waals surface area (Å²) in [5, 5.41) is 14.6. The Bertz CT molecular complexity index is 572. The van der Waals surface area contributed by atoms with Crippen LogP contribution in [-0.2, 0) is 0 Å². The van der Waals surface area contributed by atoms with E-state index in [2.05, 4.69) is 40.4 Å². The summed E-state index contributed by atoms with van der Waals surface area (Å²) in [5.74, 6) is -1.00. The highest BCUT2D eigenvalue weighted by Gasteiger charge is 2.31. The molecular weight excluding hydrogens is 336 g/mol. The van der Waals surface area contributed by atoms with Crippen molar-refractivity contribution in [3.05, 3.63) is 28.2 Å². The zero-order valence-electron chi connectivity index (χ0n) is 12.1. The highest BCUT2D eigenvalue weighted by molar-refractivity contribution is 9.10. The first kappa shape index (κ1) is 15.8. The van der Waals surface area contributed by atoms with E-state index in [1.807, 2.05) is 0 Å². The Kier molecular flexibility index (Phi) is 4.56. The fraction of sp³-hybridized carbons (Fsp3) is 0.467. The van der Waals surface area contributed by atoms with Gasteiger partial charge in [-0.05, 0) is 58.8 Å². The van der Waals surface area contributed by atoms with Crippen LogP contribution in [0, 0.1) is 5.41 Å². The number of aromatic carboxylic acids is 1. The van der Waals surface area contributed by atoms with Crippen molar-refractivity contribution in [3.63, 3.8) is 0 Å². The van der Waals surface area contributed by atoms with Crippen molar-refractivity contribution in [1.82, 2.24) is 5.32 Å². The van der Waals surface area contributed by atoms with Crippen molar-refractivity contribution in [2.24, 2.45) is 5.41 Å². The lowest BCUT2D eigenvalue weighted by molar-refractivity contribution is 0.0697. The molecule has 1 fully saturated rings. The highest BCUT2D eigenvalue weighted by atomic mass is 79.9. The third-order valence-corrected chi connectivity index (χ3v) is 4.42. The van der Waals surface area contributed by atoms with Crippen molar-refractivity contribution in [2.45, 2.75) is 39.2 Å². The molecule has 2 rings (SSSR count). The van der Waals surface area contributed by atoms with Gasteiger partial charge in [-0.1, -0.05) is 13.8 Å². The molecule has 0 aliphatic heterocycles. The van der Waals surface area contributed by atoms with Gasteiger partial charge in [0, 0.05) is 10.5 Å². The van der Waals surface area contributed by atoms with E-state index < -0.39 is 5.97 Å². The van der Waals surface area contributed by atoms with Crippen molar-refractivity contribution >= 4 is 33.6 Å². The first-order chi connectivity index (χ1) is 9.77. The van der Waals surface area contributed by atoms with E-state index in [9.17, 15) is 9.59 Å². The maximum absolute atomic E-state index is 12.0. The van der Waals surface area contributed by atoms with Gasteiger partial charge in [0.15, 0.2) is 0 Å². The zero-order chi connectivity index (χ0) is 15.6. The van der Waals surface area contributed by atoms with Crippen molar-refractivity contribution < 1.29 is 14.7 Å². The molecule has 3 N–H and O–H groups in total. The molecule has 0 heterocycles. The Morgan fingerprint density at radius 1 is 1.38 bits per heavy atom. The van der Waals surface area contributed by atoms with Crippen molar-refractivity contribution in [3.8, 4) is 0 Å². The lowest BCUT2D eigenvalue weighted by atomic mass is 9.92. The van der Waals surface area contributed by atoms with Crippen LogP contribution in [0.15, 0.2) is 22.7 Å². The average Bonchev–Trinajstić information content (AvgIpc) is 2.70. The van der Waals surface area contributed by atoms with E-state index in [-0.39, 0.29) is 23.1 Å². The molecule has 2 amide bonds.